The van der Waals surface area contributed by atoms with E-state index in [2.05, 4.69) is 10.5 Å². The van der Waals surface area contributed by atoms with E-state index in [0.29, 0.717) is 5.02 Å². The molecule has 1 aromatic carbocycles. The first-order chi connectivity index (χ1) is 8.82. The molecule has 19 heavy (non-hydrogen) atoms. The summed E-state index contributed by atoms with van der Waals surface area (Å²) < 4.78 is 0. The molecule has 0 aromatic heterocycles. The largest absolute Gasteiger partial charge is 0.393 e. The molecule has 0 saturated heterocycles. The van der Waals surface area contributed by atoms with Crippen LogP contribution >= 0.6 is 23.8 Å². The number of anilines is 1. The zero-order chi connectivity index (χ0) is 14.2. The van der Waals surface area contributed by atoms with Crippen LogP contribution in [-0.4, -0.2) is 16.8 Å². The Morgan fingerprint density at radius 3 is 2.68 bits per heavy atom. The van der Waals surface area contributed by atoms with Gasteiger partial charge in [0.2, 0.25) is 0 Å². The zero-order valence-electron chi connectivity index (χ0n) is 11.5. The maximum Gasteiger partial charge on any atom is 0.122 e. The van der Waals surface area contributed by atoms with E-state index in [0.717, 1.165) is 22.0 Å². The van der Waals surface area contributed by atoms with E-state index in [1.54, 1.807) is 0 Å². The van der Waals surface area contributed by atoms with Crippen molar-refractivity contribution in [2.24, 2.45) is 10.6 Å². The Morgan fingerprint density at radius 1 is 1.37 bits per heavy atom. The molecular weight excluding hydrogens is 280 g/mol. The lowest BCUT2D eigenvalue weighted by atomic mass is 9.80. The topological polar surface area (TPSA) is 33.6 Å². The fourth-order valence-corrected chi connectivity index (χ4v) is 2.24. The predicted octanol–water partition coefficient (Wildman–Crippen LogP) is 4.25. The SMILES string of the molecule is CC(C)ON=C1c2cc(Cl)ccc2NC(=S)C1(C)C. The molecule has 2 rings (SSSR count). The van der Waals surface area contributed by atoms with E-state index in [-0.39, 0.29) is 11.5 Å². The van der Waals surface area contributed by atoms with Gasteiger partial charge in [0, 0.05) is 16.3 Å². The molecule has 102 valence electrons. The molecule has 1 N–H and O–H groups in total. The van der Waals surface area contributed by atoms with Crippen molar-refractivity contribution in [1.82, 2.24) is 0 Å². The van der Waals surface area contributed by atoms with Crippen molar-refractivity contribution in [2.75, 3.05) is 5.32 Å². The van der Waals surface area contributed by atoms with Gasteiger partial charge < -0.3 is 10.2 Å². The molecular formula is C14H17ClN2OS. The van der Waals surface area contributed by atoms with Crippen molar-refractivity contribution in [3.05, 3.63) is 28.8 Å². The van der Waals surface area contributed by atoms with Crippen molar-refractivity contribution in [1.29, 1.82) is 0 Å². The quantitative estimate of drug-likeness (QED) is 0.654. The van der Waals surface area contributed by atoms with E-state index in [4.69, 9.17) is 28.7 Å². The van der Waals surface area contributed by atoms with Crippen LogP contribution in [0.15, 0.2) is 23.4 Å². The van der Waals surface area contributed by atoms with Crippen LogP contribution in [-0.2, 0) is 4.84 Å². The third kappa shape index (κ3) is 2.74. The number of fused-ring (bicyclic) bond motifs is 1. The van der Waals surface area contributed by atoms with Gasteiger partial charge in [-0.15, -0.1) is 0 Å². The van der Waals surface area contributed by atoms with Crippen LogP contribution in [0.25, 0.3) is 0 Å². The summed E-state index contributed by atoms with van der Waals surface area (Å²) in [4.78, 5) is 6.15. The number of hydrogen-bond acceptors (Lipinski definition) is 3. The Bertz CT molecular complexity index is 552. The molecule has 0 saturated carbocycles. The minimum atomic E-state index is -0.387. The second-order valence-corrected chi connectivity index (χ2v) is 6.21. The number of oxime groups is 1. The molecule has 1 aliphatic heterocycles. The standard InChI is InChI=1S/C14H17ClN2OS/c1-8(2)18-17-12-10-7-9(15)5-6-11(10)16-13(19)14(12,3)4/h5-8H,1-4H3,(H,16,19). The Morgan fingerprint density at radius 2 is 2.05 bits per heavy atom. The number of rotatable bonds is 2. The Balaban J connectivity index is 2.56. The fourth-order valence-electron chi connectivity index (χ4n) is 1.87. The average molecular weight is 297 g/mol. The summed E-state index contributed by atoms with van der Waals surface area (Å²) in [5.74, 6) is 0. The normalized spacial score (nSPS) is 19.3. The molecule has 0 amide bonds. The van der Waals surface area contributed by atoms with Crippen molar-refractivity contribution in [3.8, 4) is 0 Å². The van der Waals surface area contributed by atoms with Crippen molar-refractivity contribution < 1.29 is 4.84 Å². The van der Waals surface area contributed by atoms with Gasteiger partial charge in [-0.25, -0.2) is 0 Å². The minimum absolute atomic E-state index is 0.0226. The summed E-state index contributed by atoms with van der Waals surface area (Å²) in [6.45, 7) is 7.92. The third-order valence-electron chi connectivity index (χ3n) is 3.00. The molecule has 0 atom stereocenters. The van der Waals surface area contributed by atoms with Gasteiger partial charge in [-0.2, -0.15) is 0 Å². The summed E-state index contributed by atoms with van der Waals surface area (Å²) >= 11 is 11.5. The Hall–Kier alpha value is -1.13. The predicted molar refractivity (Wildman–Crippen MR) is 84.2 cm³/mol. The van der Waals surface area contributed by atoms with E-state index in [1.807, 2.05) is 45.9 Å². The van der Waals surface area contributed by atoms with Crippen LogP contribution in [0.3, 0.4) is 0 Å². The Labute approximate surface area is 124 Å². The van der Waals surface area contributed by atoms with E-state index >= 15 is 0 Å². The number of nitrogens with one attached hydrogen (secondary N) is 1. The van der Waals surface area contributed by atoms with Crippen molar-refractivity contribution >= 4 is 40.2 Å². The zero-order valence-corrected chi connectivity index (χ0v) is 13.0. The van der Waals surface area contributed by atoms with Crippen LogP contribution in [0.1, 0.15) is 33.3 Å². The van der Waals surface area contributed by atoms with Gasteiger partial charge in [-0.3, -0.25) is 0 Å². The number of thiocarbonyl (C=S) groups is 1. The van der Waals surface area contributed by atoms with Gasteiger partial charge in [0.1, 0.15) is 11.8 Å². The molecule has 0 spiro atoms. The smallest absolute Gasteiger partial charge is 0.122 e. The molecule has 1 heterocycles. The van der Waals surface area contributed by atoms with Crippen LogP contribution in [0.4, 0.5) is 5.69 Å². The lowest BCUT2D eigenvalue weighted by molar-refractivity contribution is 0.0846. The highest BCUT2D eigenvalue weighted by atomic mass is 35.5. The Kier molecular flexibility index (Phi) is 3.83. The van der Waals surface area contributed by atoms with E-state index in [1.165, 1.54) is 0 Å². The highest BCUT2D eigenvalue weighted by Crippen LogP contribution is 2.36. The van der Waals surface area contributed by atoms with Crippen LogP contribution in [0.2, 0.25) is 5.02 Å². The number of benzene rings is 1. The minimum Gasteiger partial charge on any atom is -0.393 e. The summed E-state index contributed by atoms with van der Waals surface area (Å²) in [5, 5.41) is 8.20. The monoisotopic (exact) mass is 296 g/mol. The van der Waals surface area contributed by atoms with Gasteiger partial charge in [-0.1, -0.05) is 29.0 Å². The summed E-state index contributed by atoms with van der Waals surface area (Å²) in [6, 6.07) is 5.62. The molecule has 0 bridgehead atoms. The number of halogens is 1. The number of nitrogens with zero attached hydrogens (tertiary/aromatic N) is 1. The molecule has 5 heteroatoms. The van der Waals surface area contributed by atoms with Crippen molar-refractivity contribution in [3.63, 3.8) is 0 Å². The lowest BCUT2D eigenvalue weighted by Gasteiger charge is -2.34. The first kappa shape index (κ1) is 14.3. The highest BCUT2D eigenvalue weighted by Gasteiger charge is 2.37. The second-order valence-electron chi connectivity index (χ2n) is 5.36. The summed E-state index contributed by atoms with van der Waals surface area (Å²) in [5.41, 5.74) is 2.27. The molecule has 3 nitrogen and oxygen atoms in total. The fraction of sp³-hybridized carbons (Fsp3) is 0.429. The number of hydrogen-bond donors (Lipinski definition) is 1. The molecule has 1 aliphatic rings. The second kappa shape index (κ2) is 5.10. The van der Waals surface area contributed by atoms with Crippen LogP contribution in [0.5, 0.6) is 0 Å². The highest BCUT2D eigenvalue weighted by molar-refractivity contribution is 7.80. The molecule has 0 radical (unpaired) electrons. The maximum atomic E-state index is 6.08. The maximum absolute atomic E-state index is 6.08. The van der Waals surface area contributed by atoms with Crippen LogP contribution < -0.4 is 5.32 Å². The third-order valence-corrected chi connectivity index (χ3v) is 3.85. The summed E-state index contributed by atoms with van der Waals surface area (Å²) in [6.07, 6.45) is 0.0226. The first-order valence-electron chi connectivity index (χ1n) is 6.18. The van der Waals surface area contributed by atoms with E-state index < -0.39 is 0 Å². The van der Waals surface area contributed by atoms with Gasteiger partial charge in [-0.05, 0) is 45.9 Å². The van der Waals surface area contributed by atoms with Gasteiger partial charge in [0.15, 0.2) is 0 Å². The van der Waals surface area contributed by atoms with Crippen LogP contribution in [0, 0.1) is 5.41 Å². The average Bonchev–Trinajstić information content (AvgIpc) is 2.30. The molecule has 1 aromatic rings. The molecule has 0 aliphatic carbocycles. The van der Waals surface area contributed by atoms with E-state index in [9.17, 15) is 0 Å². The molecule has 0 fully saturated rings. The van der Waals surface area contributed by atoms with Crippen molar-refractivity contribution in [2.45, 2.75) is 33.8 Å². The van der Waals surface area contributed by atoms with Gasteiger partial charge >= 0.3 is 0 Å². The molecule has 0 unspecified atom stereocenters. The first-order valence-corrected chi connectivity index (χ1v) is 6.96. The lowest BCUT2D eigenvalue weighted by Crippen LogP contribution is -2.42. The van der Waals surface area contributed by atoms with Gasteiger partial charge in [0.25, 0.3) is 0 Å². The van der Waals surface area contributed by atoms with Gasteiger partial charge in [0.05, 0.1) is 10.4 Å². The summed E-state index contributed by atoms with van der Waals surface area (Å²) in [7, 11) is 0.